The normalized spacial score (nSPS) is 15.6. The summed E-state index contributed by atoms with van der Waals surface area (Å²) >= 11 is 6.23. The van der Waals surface area contributed by atoms with Gasteiger partial charge in [-0.05, 0) is 63.6 Å². The summed E-state index contributed by atoms with van der Waals surface area (Å²) in [5, 5.41) is 0.794. The highest BCUT2D eigenvalue weighted by atomic mass is 35.5. The van der Waals surface area contributed by atoms with Crippen LogP contribution in [0.2, 0.25) is 5.02 Å². The number of fused-ring (bicyclic) bond motifs is 1. The van der Waals surface area contributed by atoms with Crippen LogP contribution >= 0.6 is 11.6 Å². The first-order valence-corrected chi connectivity index (χ1v) is 9.70. The largest absolute Gasteiger partial charge is 0.372 e. The van der Waals surface area contributed by atoms with Crippen LogP contribution in [0.15, 0.2) is 48.5 Å². The van der Waals surface area contributed by atoms with Crippen molar-refractivity contribution < 1.29 is 4.58 Å². The Hall–Kier alpha value is -2.06. The molecule has 0 aliphatic carbocycles. The van der Waals surface area contributed by atoms with Crippen LogP contribution in [0.3, 0.4) is 0 Å². The topological polar surface area (TPSA) is 6.25 Å². The second-order valence-corrected chi connectivity index (χ2v) is 7.76. The summed E-state index contributed by atoms with van der Waals surface area (Å²) in [6.07, 6.45) is 4.44. The summed E-state index contributed by atoms with van der Waals surface area (Å²) < 4.78 is 2.27. The van der Waals surface area contributed by atoms with Crippen molar-refractivity contribution in [2.45, 2.75) is 33.1 Å². The van der Waals surface area contributed by atoms with Gasteiger partial charge >= 0.3 is 0 Å². The molecule has 0 aromatic heterocycles. The Kier molecular flexibility index (Phi) is 5.24. The average Bonchev–Trinajstić information content (AvgIpc) is 2.81. The quantitative estimate of drug-likeness (QED) is 0.596. The predicted molar refractivity (Wildman–Crippen MR) is 114 cm³/mol. The first-order chi connectivity index (χ1) is 12.4. The third-order valence-corrected chi connectivity index (χ3v) is 5.69. The fourth-order valence-electron chi connectivity index (χ4n) is 3.87. The van der Waals surface area contributed by atoms with Gasteiger partial charge in [0, 0.05) is 41.5 Å². The van der Waals surface area contributed by atoms with E-state index in [1.54, 1.807) is 0 Å². The summed E-state index contributed by atoms with van der Waals surface area (Å²) in [6.45, 7) is 11.0. The number of nitrogens with zero attached hydrogens (tertiary/aromatic N) is 2. The van der Waals surface area contributed by atoms with E-state index in [1.807, 2.05) is 6.07 Å². The van der Waals surface area contributed by atoms with E-state index < -0.39 is 0 Å². The molecule has 3 rings (SSSR count). The number of hydrogen-bond acceptors (Lipinski definition) is 1. The number of anilines is 1. The van der Waals surface area contributed by atoms with E-state index >= 15 is 0 Å². The lowest BCUT2D eigenvalue weighted by Crippen LogP contribution is -2.26. The molecule has 2 aromatic rings. The van der Waals surface area contributed by atoms with Gasteiger partial charge in [0.25, 0.3) is 0 Å². The summed E-state index contributed by atoms with van der Waals surface area (Å²) in [5.74, 6) is 0. The van der Waals surface area contributed by atoms with Gasteiger partial charge in [-0.1, -0.05) is 23.7 Å². The molecule has 0 fully saturated rings. The molecule has 0 radical (unpaired) electrons. The molecule has 136 valence electrons. The molecule has 1 aliphatic heterocycles. The van der Waals surface area contributed by atoms with Crippen LogP contribution < -0.4 is 4.90 Å². The van der Waals surface area contributed by atoms with E-state index in [4.69, 9.17) is 11.6 Å². The minimum atomic E-state index is -0.0629. The lowest BCUT2D eigenvalue weighted by Gasteiger charge is -2.20. The molecule has 3 heteroatoms. The summed E-state index contributed by atoms with van der Waals surface area (Å²) in [7, 11) is 2.13. The van der Waals surface area contributed by atoms with Crippen molar-refractivity contribution in [3.63, 3.8) is 0 Å². The Bertz CT molecular complexity index is 856. The molecular weight excluding hydrogens is 340 g/mol. The van der Waals surface area contributed by atoms with Gasteiger partial charge in [-0.3, -0.25) is 0 Å². The lowest BCUT2D eigenvalue weighted by atomic mass is 9.81. The number of hydrogen-bond donors (Lipinski definition) is 0. The molecule has 0 atom stereocenters. The second kappa shape index (κ2) is 7.28. The third-order valence-electron chi connectivity index (χ3n) is 5.45. The Morgan fingerprint density at radius 2 is 1.65 bits per heavy atom. The maximum atomic E-state index is 6.23. The van der Waals surface area contributed by atoms with E-state index in [2.05, 4.69) is 92.8 Å². The summed E-state index contributed by atoms with van der Waals surface area (Å²) in [6, 6.07) is 15.0. The second-order valence-electron chi connectivity index (χ2n) is 7.33. The first-order valence-electron chi connectivity index (χ1n) is 9.32. The average molecular weight is 368 g/mol. The van der Waals surface area contributed by atoms with E-state index in [0.717, 1.165) is 18.1 Å². The highest BCUT2D eigenvalue weighted by Gasteiger charge is 2.42. The van der Waals surface area contributed by atoms with Crippen LogP contribution in [0.25, 0.3) is 6.08 Å². The van der Waals surface area contributed by atoms with Crippen LogP contribution in [0, 0.1) is 0 Å². The molecule has 0 unspecified atom stereocenters. The molecule has 0 saturated carbocycles. The van der Waals surface area contributed by atoms with Gasteiger partial charge in [-0.15, -0.1) is 0 Å². The van der Waals surface area contributed by atoms with Crippen molar-refractivity contribution in [3.8, 4) is 0 Å². The Balaban J connectivity index is 1.88. The van der Waals surface area contributed by atoms with Crippen LogP contribution in [-0.2, 0) is 5.41 Å². The summed E-state index contributed by atoms with van der Waals surface area (Å²) in [4.78, 5) is 2.36. The van der Waals surface area contributed by atoms with Crippen molar-refractivity contribution in [2.24, 2.45) is 0 Å². The Labute approximate surface area is 162 Å². The van der Waals surface area contributed by atoms with Gasteiger partial charge < -0.3 is 4.90 Å². The van der Waals surface area contributed by atoms with Crippen molar-refractivity contribution >= 4 is 34.8 Å². The fourth-order valence-corrected chi connectivity index (χ4v) is 4.04. The first kappa shape index (κ1) is 18.7. The minimum absolute atomic E-state index is 0.0629. The highest BCUT2D eigenvalue weighted by Crippen LogP contribution is 2.40. The zero-order valence-corrected chi connectivity index (χ0v) is 17.1. The predicted octanol–water partition coefficient (Wildman–Crippen LogP) is 5.91. The van der Waals surface area contributed by atoms with E-state index in [-0.39, 0.29) is 5.41 Å². The van der Waals surface area contributed by atoms with Crippen molar-refractivity contribution in [3.05, 3.63) is 64.7 Å². The monoisotopic (exact) mass is 367 g/mol. The Morgan fingerprint density at radius 3 is 2.27 bits per heavy atom. The van der Waals surface area contributed by atoms with Gasteiger partial charge in [-0.2, -0.15) is 4.58 Å². The van der Waals surface area contributed by atoms with Crippen molar-refractivity contribution in [2.75, 3.05) is 25.0 Å². The van der Waals surface area contributed by atoms with Crippen molar-refractivity contribution in [1.29, 1.82) is 0 Å². The third kappa shape index (κ3) is 3.31. The molecule has 0 spiro atoms. The molecule has 0 bridgehead atoms. The molecule has 26 heavy (non-hydrogen) atoms. The number of halogens is 1. The minimum Gasteiger partial charge on any atom is -0.372 e. The lowest BCUT2D eigenvalue weighted by molar-refractivity contribution is -0.401. The molecular formula is C23H28ClN2+. The number of rotatable bonds is 5. The number of benzene rings is 2. The SMILES string of the molecule is CCN(CC)c1ccc(/C=C/C2=[N+](C)c3ccc(Cl)cc3C2(C)C)cc1. The Morgan fingerprint density at radius 1 is 1.00 bits per heavy atom. The fraction of sp³-hybridized carbons (Fsp3) is 0.348. The highest BCUT2D eigenvalue weighted by molar-refractivity contribution is 6.30. The standard InChI is InChI=1S/C23H28ClN2/c1-6-26(7-2)19-12-8-17(9-13-19)10-15-22-23(3,4)20-16-18(24)11-14-21(20)25(22)5/h8-16H,6-7H2,1-5H3/q+1. The zero-order chi connectivity index (χ0) is 18.9. The molecule has 2 aromatic carbocycles. The van der Waals surface area contributed by atoms with Gasteiger partial charge in [-0.25, -0.2) is 0 Å². The van der Waals surface area contributed by atoms with Crippen molar-refractivity contribution in [1.82, 2.24) is 0 Å². The summed E-state index contributed by atoms with van der Waals surface area (Å²) in [5.41, 5.74) is 6.22. The molecule has 1 aliphatic rings. The molecule has 0 saturated heterocycles. The van der Waals surface area contributed by atoms with Crippen LogP contribution in [0.4, 0.5) is 11.4 Å². The molecule has 0 N–H and O–H groups in total. The van der Waals surface area contributed by atoms with E-state index in [1.165, 1.54) is 28.2 Å². The van der Waals surface area contributed by atoms with Gasteiger partial charge in [0.1, 0.15) is 7.05 Å². The molecule has 2 nitrogen and oxygen atoms in total. The van der Waals surface area contributed by atoms with Crippen LogP contribution in [0.5, 0.6) is 0 Å². The van der Waals surface area contributed by atoms with Gasteiger partial charge in [0.05, 0.1) is 5.41 Å². The smallest absolute Gasteiger partial charge is 0.209 e. The van der Waals surface area contributed by atoms with Crippen LogP contribution in [-0.4, -0.2) is 30.4 Å². The zero-order valence-electron chi connectivity index (χ0n) is 16.4. The van der Waals surface area contributed by atoms with Gasteiger partial charge in [0.2, 0.25) is 5.69 Å². The van der Waals surface area contributed by atoms with E-state index in [0.29, 0.717) is 0 Å². The molecule has 1 heterocycles. The maximum absolute atomic E-state index is 6.23. The molecule has 0 amide bonds. The number of allylic oxidation sites excluding steroid dienone is 1. The van der Waals surface area contributed by atoms with E-state index in [9.17, 15) is 0 Å². The van der Waals surface area contributed by atoms with Crippen LogP contribution in [0.1, 0.15) is 38.8 Å². The van der Waals surface area contributed by atoms with Gasteiger partial charge in [0.15, 0.2) is 5.71 Å². The maximum Gasteiger partial charge on any atom is 0.209 e.